The van der Waals surface area contributed by atoms with Gasteiger partial charge in [-0.05, 0) is 68.6 Å². The molecule has 142 valence electrons. The van der Waals surface area contributed by atoms with Crippen LogP contribution in [0.1, 0.15) is 30.5 Å². The molecule has 3 nitrogen and oxygen atoms in total. The Balaban J connectivity index is 1.52. The molecule has 0 spiro atoms. The Morgan fingerprint density at radius 3 is 2.78 bits per heavy atom. The van der Waals surface area contributed by atoms with Gasteiger partial charge in [-0.3, -0.25) is 4.79 Å². The second-order valence-electron chi connectivity index (χ2n) is 7.71. The number of carbonyl (C=O) groups is 1. The van der Waals surface area contributed by atoms with Crippen molar-refractivity contribution in [3.8, 4) is 0 Å². The van der Waals surface area contributed by atoms with Gasteiger partial charge in [0.15, 0.2) is 0 Å². The van der Waals surface area contributed by atoms with Crippen molar-refractivity contribution >= 4 is 35.0 Å². The summed E-state index contributed by atoms with van der Waals surface area (Å²) in [6, 6.07) is 12.3. The molecule has 2 aromatic rings. The van der Waals surface area contributed by atoms with Crippen LogP contribution in [0.4, 0.5) is 5.69 Å². The Hall–Kier alpha value is -1.49. The van der Waals surface area contributed by atoms with Crippen molar-refractivity contribution in [3.05, 3.63) is 58.1 Å². The fourth-order valence-corrected chi connectivity index (χ4v) is 5.56. The summed E-state index contributed by atoms with van der Waals surface area (Å²) in [5.41, 5.74) is 4.50. The maximum Gasteiger partial charge on any atom is 0.237 e. The number of hydrogen-bond donors (Lipinski definition) is 1. The molecule has 0 bridgehead atoms. The van der Waals surface area contributed by atoms with Gasteiger partial charge in [-0.2, -0.15) is 0 Å². The number of halogens is 1. The molecule has 0 unspecified atom stereocenters. The zero-order valence-electron chi connectivity index (χ0n) is 15.8. The van der Waals surface area contributed by atoms with Gasteiger partial charge in [-0.25, -0.2) is 0 Å². The number of hydrogen-bond acceptors (Lipinski definition) is 3. The van der Waals surface area contributed by atoms with E-state index in [2.05, 4.69) is 23.5 Å². The summed E-state index contributed by atoms with van der Waals surface area (Å²) < 4.78 is 0. The summed E-state index contributed by atoms with van der Waals surface area (Å²) in [6.07, 6.45) is 2.06. The summed E-state index contributed by atoms with van der Waals surface area (Å²) in [7, 11) is 0. The molecule has 2 heterocycles. The molecule has 0 aliphatic carbocycles. The third-order valence-electron chi connectivity index (χ3n) is 5.64. The largest absolute Gasteiger partial charge is 0.316 e. The number of amides is 1. The van der Waals surface area contributed by atoms with E-state index in [1.54, 1.807) is 11.8 Å². The highest BCUT2D eigenvalue weighted by Gasteiger charge is 2.43. The van der Waals surface area contributed by atoms with Crippen molar-refractivity contribution in [2.75, 3.05) is 30.3 Å². The molecule has 27 heavy (non-hydrogen) atoms. The van der Waals surface area contributed by atoms with E-state index in [4.69, 9.17) is 11.6 Å². The minimum absolute atomic E-state index is 0.187. The first-order valence-corrected chi connectivity index (χ1v) is 10.9. The van der Waals surface area contributed by atoms with Gasteiger partial charge in [0, 0.05) is 22.9 Å². The number of benzene rings is 2. The number of thioether (sulfide) groups is 1. The number of nitrogens with zero attached hydrogens (tertiary/aromatic N) is 1. The van der Waals surface area contributed by atoms with Crippen molar-refractivity contribution in [2.45, 2.75) is 37.0 Å². The Morgan fingerprint density at radius 2 is 1.93 bits per heavy atom. The molecule has 2 aromatic carbocycles. The molecule has 1 N–H and O–H groups in total. The molecule has 0 atom stereocenters. The predicted octanol–water partition coefficient (Wildman–Crippen LogP) is 4.44. The number of para-hydroxylation sites is 1. The molecule has 2 aliphatic rings. The zero-order chi connectivity index (χ0) is 19.0. The quantitative estimate of drug-likeness (QED) is 0.770. The van der Waals surface area contributed by atoms with Crippen molar-refractivity contribution in [1.29, 1.82) is 0 Å². The summed E-state index contributed by atoms with van der Waals surface area (Å²) in [5.74, 6) is 1.02. The SMILES string of the molecule is CC1(C)C(=O)N(CCSc2c(Cl)ccc3c2CCNCC3)c2ccccc21. The highest BCUT2D eigenvalue weighted by atomic mass is 35.5. The van der Waals surface area contributed by atoms with Crippen LogP contribution >= 0.6 is 23.4 Å². The van der Waals surface area contributed by atoms with E-state index in [0.29, 0.717) is 6.54 Å². The van der Waals surface area contributed by atoms with Crippen molar-refractivity contribution in [2.24, 2.45) is 0 Å². The van der Waals surface area contributed by atoms with E-state index in [-0.39, 0.29) is 5.91 Å². The first-order valence-electron chi connectivity index (χ1n) is 9.55. The van der Waals surface area contributed by atoms with Crippen LogP contribution in [-0.2, 0) is 23.1 Å². The lowest BCUT2D eigenvalue weighted by Gasteiger charge is -2.21. The monoisotopic (exact) mass is 400 g/mol. The Labute approximate surface area is 170 Å². The van der Waals surface area contributed by atoms with E-state index in [1.165, 1.54) is 16.0 Å². The Bertz CT molecular complexity index is 881. The second-order valence-corrected chi connectivity index (χ2v) is 9.22. The molecule has 0 saturated heterocycles. The number of fused-ring (bicyclic) bond motifs is 2. The highest BCUT2D eigenvalue weighted by Crippen LogP contribution is 2.42. The van der Waals surface area contributed by atoms with E-state index in [0.717, 1.165) is 48.0 Å². The van der Waals surface area contributed by atoms with Gasteiger partial charge in [-0.15, -0.1) is 11.8 Å². The summed E-state index contributed by atoms with van der Waals surface area (Å²) >= 11 is 8.32. The normalized spacial score (nSPS) is 18.2. The summed E-state index contributed by atoms with van der Waals surface area (Å²) in [4.78, 5) is 16.1. The van der Waals surface area contributed by atoms with Crippen LogP contribution in [0.3, 0.4) is 0 Å². The van der Waals surface area contributed by atoms with E-state index >= 15 is 0 Å². The molecule has 5 heteroatoms. The molecule has 2 aliphatic heterocycles. The molecule has 1 amide bonds. The standard InChI is InChI=1S/C22H25ClN2OS/c1-22(2)17-5-3-4-6-19(17)25(21(22)26)13-14-27-20-16-10-12-24-11-9-15(16)7-8-18(20)23/h3-8,24H,9-14H2,1-2H3. The van der Waals surface area contributed by atoms with Gasteiger partial charge in [0.1, 0.15) is 0 Å². The van der Waals surface area contributed by atoms with Crippen LogP contribution in [0.2, 0.25) is 5.02 Å². The van der Waals surface area contributed by atoms with Gasteiger partial charge in [0.25, 0.3) is 0 Å². The number of carbonyl (C=O) groups excluding carboxylic acids is 1. The molecule has 0 fully saturated rings. The molecular formula is C22H25ClN2OS. The van der Waals surface area contributed by atoms with E-state index < -0.39 is 5.41 Å². The van der Waals surface area contributed by atoms with Crippen LogP contribution in [-0.4, -0.2) is 31.3 Å². The predicted molar refractivity (Wildman–Crippen MR) is 114 cm³/mol. The Kier molecular flexibility index (Phi) is 5.23. The van der Waals surface area contributed by atoms with Crippen LogP contribution in [0.15, 0.2) is 41.3 Å². The fourth-order valence-electron chi connectivity index (χ4n) is 4.13. The van der Waals surface area contributed by atoms with Crippen molar-refractivity contribution in [3.63, 3.8) is 0 Å². The first-order chi connectivity index (χ1) is 13.0. The van der Waals surface area contributed by atoms with Crippen LogP contribution in [0.25, 0.3) is 0 Å². The maximum atomic E-state index is 13.0. The lowest BCUT2D eigenvalue weighted by Crippen LogP contribution is -2.37. The van der Waals surface area contributed by atoms with Crippen LogP contribution in [0.5, 0.6) is 0 Å². The molecular weight excluding hydrogens is 376 g/mol. The third kappa shape index (κ3) is 3.39. The van der Waals surface area contributed by atoms with E-state index in [1.807, 2.05) is 36.9 Å². The average Bonchev–Trinajstić information content (AvgIpc) is 2.83. The average molecular weight is 401 g/mol. The molecule has 0 saturated carbocycles. The van der Waals surface area contributed by atoms with Crippen molar-refractivity contribution in [1.82, 2.24) is 5.32 Å². The lowest BCUT2D eigenvalue weighted by atomic mass is 9.86. The van der Waals surface area contributed by atoms with Crippen LogP contribution < -0.4 is 10.2 Å². The maximum absolute atomic E-state index is 13.0. The Morgan fingerprint density at radius 1 is 1.15 bits per heavy atom. The van der Waals surface area contributed by atoms with Gasteiger partial charge in [-0.1, -0.05) is 35.9 Å². The summed E-state index contributed by atoms with van der Waals surface area (Å²) in [6.45, 7) is 6.74. The highest BCUT2D eigenvalue weighted by molar-refractivity contribution is 7.99. The minimum atomic E-state index is -0.450. The van der Waals surface area contributed by atoms with Crippen molar-refractivity contribution < 1.29 is 4.79 Å². The fraction of sp³-hybridized carbons (Fsp3) is 0.409. The third-order valence-corrected chi connectivity index (χ3v) is 7.21. The number of nitrogens with one attached hydrogen (secondary N) is 1. The topological polar surface area (TPSA) is 32.3 Å². The summed E-state index contributed by atoms with van der Waals surface area (Å²) in [5, 5.41) is 4.29. The number of anilines is 1. The lowest BCUT2D eigenvalue weighted by molar-refractivity contribution is -0.122. The van der Waals surface area contributed by atoms with Gasteiger partial charge in [0.2, 0.25) is 5.91 Å². The number of rotatable bonds is 4. The van der Waals surface area contributed by atoms with Gasteiger partial charge >= 0.3 is 0 Å². The smallest absolute Gasteiger partial charge is 0.237 e. The van der Waals surface area contributed by atoms with Crippen LogP contribution in [0, 0.1) is 0 Å². The molecule has 0 radical (unpaired) electrons. The van der Waals surface area contributed by atoms with Gasteiger partial charge < -0.3 is 10.2 Å². The first kappa shape index (κ1) is 18.9. The second kappa shape index (κ2) is 7.50. The van der Waals surface area contributed by atoms with E-state index in [9.17, 15) is 4.79 Å². The zero-order valence-corrected chi connectivity index (χ0v) is 17.4. The minimum Gasteiger partial charge on any atom is -0.316 e. The molecule has 0 aromatic heterocycles. The van der Waals surface area contributed by atoms with Gasteiger partial charge in [0.05, 0.1) is 10.4 Å². The molecule has 4 rings (SSSR count).